The van der Waals surface area contributed by atoms with Gasteiger partial charge in [0.1, 0.15) is 5.75 Å². The molecular weight excluding hydrogens is 432 g/mol. The number of benzene rings is 2. The van der Waals surface area contributed by atoms with Gasteiger partial charge in [-0.2, -0.15) is 0 Å². The number of piperidine rings is 1. The number of likely N-dealkylation sites (tertiary alicyclic amines) is 1. The van der Waals surface area contributed by atoms with Gasteiger partial charge in [0, 0.05) is 31.4 Å². The molecule has 34 heavy (non-hydrogen) atoms. The van der Waals surface area contributed by atoms with Crippen molar-refractivity contribution in [2.75, 3.05) is 40.0 Å². The number of amides is 1. The summed E-state index contributed by atoms with van der Waals surface area (Å²) in [5, 5.41) is 3.06. The molecule has 0 bridgehead atoms. The molecule has 1 atom stereocenters. The van der Waals surface area contributed by atoms with E-state index in [2.05, 4.69) is 22.3 Å². The molecule has 0 aromatic heterocycles. The highest BCUT2D eigenvalue weighted by Crippen LogP contribution is 2.31. The van der Waals surface area contributed by atoms with Gasteiger partial charge in [-0.3, -0.25) is 14.5 Å². The van der Waals surface area contributed by atoms with Crippen LogP contribution in [0.5, 0.6) is 17.2 Å². The molecule has 0 spiro atoms. The van der Waals surface area contributed by atoms with Crippen LogP contribution in [0.4, 0.5) is 0 Å². The summed E-state index contributed by atoms with van der Waals surface area (Å²) < 4.78 is 16.6. The molecule has 182 valence electrons. The van der Waals surface area contributed by atoms with Crippen LogP contribution in [0.1, 0.15) is 60.5 Å². The van der Waals surface area contributed by atoms with Crippen LogP contribution in [0.15, 0.2) is 42.5 Å². The van der Waals surface area contributed by atoms with Gasteiger partial charge < -0.3 is 19.5 Å². The van der Waals surface area contributed by atoms with Crippen LogP contribution in [0, 0.1) is 0 Å². The van der Waals surface area contributed by atoms with E-state index in [1.165, 1.54) is 19.3 Å². The molecule has 1 saturated heterocycles. The SMILES string of the molecule is COc1ccc([C@@H](CNC(=O)CCC(=O)c2ccc3c(c2)OCCCO3)N2CCCCC2)cc1. The topological polar surface area (TPSA) is 77.1 Å². The largest absolute Gasteiger partial charge is 0.497 e. The first-order valence-electron chi connectivity index (χ1n) is 12.2. The Labute approximate surface area is 201 Å². The van der Waals surface area contributed by atoms with Crippen molar-refractivity contribution in [2.45, 2.75) is 44.6 Å². The second-order valence-corrected chi connectivity index (χ2v) is 8.82. The Kier molecular flexibility index (Phi) is 8.41. The minimum atomic E-state index is -0.113. The molecule has 2 aromatic carbocycles. The first-order valence-corrected chi connectivity index (χ1v) is 12.2. The number of hydrogen-bond donors (Lipinski definition) is 1. The van der Waals surface area contributed by atoms with Gasteiger partial charge in [-0.05, 0) is 61.8 Å². The van der Waals surface area contributed by atoms with Gasteiger partial charge in [0.25, 0.3) is 0 Å². The van der Waals surface area contributed by atoms with Gasteiger partial charge in [-0.15, -0.1) is 0 Å². The van der Waals surface area contributed by atoms with Gasteiger partial charge in [-0.25, -0.2) is 0 Å². The smallest absolute Gasteiger partial charge is 0.220 e. The van der Waals surface area contributed by atoms with Crippen LogP contribution in [0.25, 0.3) is 0 Å². The Morgan fingerprint density at radius 3 is 2.41 bits per heavy atom. The maximum Gasteiger partial charge on any atom is 0.220 e. The number of rotatable bonds is 9. The van der Waals surface area contributed by atoms with E-state index in [4.69, 9.17) is 14.2 Å². The van der Waals surface area contributed by atoms with Crippen LogP contribution < -0.4 is 19.5 Å². The summed E-state index contributed by atoms with van der Waals surface area (Å²) in [5.41, 5.74) is 1.70. The molecule has 0 aliphatic carbocycles. The van der Waals surface area contributed by atoms with Crippen molar-refractivity contribution in [2.24, 2.45) is 0 Å². The van der Waals surface area contributed by atoms with Crippen molar-refractivity contribution in [3.05, 3.63) is 53.6 Å². The van der Waals surface area contributed by atoms with Crippen molar-refractivity contribution in [3.8, 4) is 17.2 Å². The average molecular weight is 467 g/mol. The molecule has 4 rings (SSSR count). The van der Waals surface area contributed by atoms with E-state index >= 15 is 0 Å². The van der Waals surface area contributed by atoms with Gasteiger partial charge in [0.15, 0.2) is 17.3 Å². The number of nitrogens with one attached hydrogen (secondary N) is 1. The van der Waals surface area contributed by atoms with Gasteiger partial charge in [-0.1, -0.05) is 18.6 Å². The number of carbonyl (C=O) groups is 2. The fraction of sp³-hybridized carbons (Fsp3) is 0.481. The van der Waals surface area contributed by atoms with Gasteiger partial charge >= 0.3 is 0 Å². The fourth-order valence-corrected chi connectivity index (χ4v) is 4.52. The third-order valence-corrected chi connectivity index (χ3v) is 6.47. The van der Waals surface area contributed by atoms with E-state index in [0.717, 1.165) is 30.8 Å². The summed E-state index contributed by atoms with van der Waals surface area (Å²) in [6, 6.07) is 13.4. The Bertz CT molecular complexity index is 969. The number of fused-ring (bicyclic) bond motifs is 1. The molecule has 2 heterocycles. The zero-order valence-electron chi connectivity index (χ0n) is 19.9. The van der Waals surface area contributed by atoms with Crippen LogP contribution in [0.2, 0.25) is 0 Å². The number of ketones is 1. The summed E-state index contributed by atoms with van der Waals surface area (Å²) in [6.07, 6.45) is 4.72. The molecule has 0 saturated carbocycles. The predicted molar refractivity (Wildman–Crippen MR) is 130 cm³/mol. The number of nitrogens with zero attached hydrogens (tertiary/aromatic N) is 1. The molecule has 2 aliphatic rings. The lowest BCUT2D eigenvalue weighted by Gasteiger charge is -2.35. The summed E-state index contributed by atoms with van der Waals surface area (Å²) in [4.78, 5) is 27.8. The Morgan fingerprint density at radius 2 is 1.68 bits per heavy atom. The molecular formula is C27H34N2O5. The lowest BCUT2D eigenvalue weighted by molar-refractivity contribution is -0.121. The molecule has 0 radical (unpaired) electrons. The zero-order valence-corrected chi connectivity index (χ0v) is 19.9. The van der Waals surface area contributed by atoms with Crippen molar-refractivity contribution < 1.29 is 23.8 Å². The van der Waals surface area contributed by atoms with E-state index in [1.807, 2.05) is 12.1 Å². The molecule has 1 amide bonds. The second kappa shape index (κ2) is 11.9. The Balaban J connectivity index is 1.32. The minimum Gasteiger partial charge on any atom is -0.497 e. The Hall–Kier alpha value is -3.06. The average Bonchev–Trinajstić information content (AvgIpc) is 3.13. The number of hydrogen-bond acceptors (Lipinski definition) is 6. The summed E-state index contributed by atoms with van der Waals surface area (Å²) in [6.45, 7) is 3.74. The highest BCUT2D eigenvalue weighted by atomic mass is 16.5. The Morgan fingerprint density at radius 1 is 0.941 bits per heavy atom. The van der Waals surface area contributed by atoms with Crippen molar-refractivity contribution in [1.29, 1.82) is 0 Å². The third-order valence-electron chi connectivity index (χ3n) is 6.47. The summed E-state index contributed by atoms with van der Waals surface area (Å²) >= 11 is 0. The van der Waals surface area contributed by atoms with Gasteiger partial charge in [0.05, 0.1) is 26.4 Å². The third kappa shape index (κ3) is 6.29. The first kappa shape index (κ1) is 24.1. The number of Topliss-reactive ketones (excluding diaryl/α,β-unsaturated/α-hetero) is 1. The van der Waals surface area contributed by atoms with E-state index in [9.17, 15) is 9.59 Å². The number of carbonyl (C=O) groups excluding carboxylic acids is 2. The lowest BCUT2D eigenvalue weighted by atomic mass is 10.0. The maximum absolute atomic E-state index is 12.7. The maximum atomic E-state index is 12.7. The first-order chi connectivity index (χ1) is 16.6. The molecule has 1 fully saturated rings. The van der Waals surface area contributed by atoms with Crippen molar-refractivity contribution >= 4 is 11.7 Å². The number of methoxy groups -OCH3 is 1. The summed E-state index contributed by atoms with van der Waals surface area (Å²) in [5.74, 6) is 1.89. The standard InChI is InChI=1S/C27H34N2O5/c1-32-22-9-6-20(7-10-22)23(29-14-3-2-4-15-29)19-28-27(31)13-11-24(30)21-8-12-25-26(18-21)34-17-5-16-33-25/h6-10,12,18,23H,2-5,11,13-17,19H2,1H3,(H,28,31)/t23-/m1/s1. The van der Waals surface area contributed by atoms with Crippen molar-refractivity contribution in [1.82, 2.24) is 10.2 Å². The monoisotopic (exact) mass is 466 g/mol. The zero-order chi connectivity index (χ0) is 23.8. The van der Waals surface area contributed by atoms with E-state index in [-0.39, 0.29) is 30.6 Å². The molecule has 7 nitrogen and oxygen atoms in total. The lowest BCUT2D eigenvalue weighted by Crippen LogP contribution is -2.40. The van der Waals surface area contributed by atoms with Crippen LogP contribution in [-0.4, -0.2) is 56.5 Å². The van der Waals surface area contributed by atoms with Crippen molar-refractivity contribution in [3.63, 3.8) is 0 Å². The predicted octanol–water partition coefficient (Wildman–Crippen LogP) is 4.16. The molecule has 2 aliphatic heterocycles. The van der Waals surface area contributed by atoms with Crippen LogP contribution in [-0.2, 0) is 4.79 Å². The normalized spacial score (nSPS) is 16.9. The van der Waals surface area contributed by atoms with Crippen LogP contribution in [0.3, 0.4) is 0 Å². The molecule has 1 N–H and O–H groups in total. The molecule has 2 aromatic rings. The minimum absolute atomic E-state index is 0.0754. The quantitative estimate of drug-likeness (QED) is 0.559. The van der Waals surface area contributed by atoms with E-state index in [0.29, 0.717) is 36.8 Å². The number of ether oxygens (including phenoxy) is 3. The van der Waals surface area contributed by atoms with E-state index in [1.54, 1.807) is 25.3 Å². The molecule has 7 heteroatoms. The second-order valence-electron chi connectivity index (χ2n) is 8.82. The highest BCUT2D eigenvalue weighted by Gasteiger charge is 2.23. The van der Waals surface area contributed by atoms with Crippen LogP contribution >= 0.6 is 0 Å². The van der Waals surface area contributed by atoms with E-state index < -0.39 is 0 Å². The van der Waals surface area contributed by atoms with Gasteiger partial charge in [0.2, 0.25) is 5.91 Å². The fourth-order valence-electron chi connectivity index (χ4n) is 4.52. The summed E-state index contributed by atoms with van der Waals surface area (Å²) in [7, 11) is 1.66. The highest BCUT2D eigenvalue weighted by molar-refractivity contribution is 5.98. The molecule has 0 unspecified atom stereocenters.